The maximum absolute atomic E-state index is 7.13. The molecule has 4 rings (SSSR count). The Morgan fingerprint density at radius 1 is 0.775 bits per heavy atom. The quantitative estimate of drug-likeness (QED) is 0.217. The summed E-state index contributed by atoms with van der Waals surface area (Å²) in [6, 6.07) is 33.0. The molecule has 0 amide bonds. The number of likely N-dealkylation sites (tertiary alicyclic amines) is 1. The van der Waals surface area contributed by atoms with E-state index in [1.54, 1.807) is 0 Å². The molecule has 0 saturated carbocycles. The maximum atomic E-state index is 7.13. The van der Waals surface area contributed by atoms with Crippen molar-refractivity contribution in [3.05, 3.63) is 91.0 Å². The minimum atomic E-state index is -3.14. The molecule has 3 aromatic carbocycles. The second kappa shape index (κ2) is 12.8. The van der Waals surface area contributed by atoms with Gasteiger partial charge in [0.15, 0.2) is 0 Å². The second-order valence-corrected chi connectivity index (χ2v) is 18.6. The first kappa shape index (κ1) is 31.4. The largest absolute Gasteiger partial charge is 0.328 e. The van der Waals surface area contributed by atoms with Crippen molar-refractivity contribution in [2.75, 3.05) is 19.3 Å². The molecule has 3 aromatic rings. The van der Waals surface area contributed by atoms with Gasteiger partial charge < -0.3 is 18.5 Å². The van der Waals surface area contributed by atoms with Crippen molar-refractivity contribution in [3.63, 3.8) is 0 Å². The molecule has 1 saturated heterocycles. The highest BCUT2D eigenvalue weighted by Crippen LogP contribution is 2.70. The van der Waals surface area contributed by atoms with Gasteiger partial charge in [0.25, 0.3) is 0 Å². The smallest absolute Gasteiger partial charge is 0.303 e. The molecule has 2 atom stereocenters. The Kier molecular flexibility index (Phi) is 10.1. The van der Waals surface area contributed by atoms with Crippen LogP contribution in [0.15, 0.2) is 106 Å². The fraction of sp³-hybridized carbons (Fsp3) is 0.455. The van der Waals surface area contributed by atoms with Gasteiger partial charge in [0.05, 0.1) is 17.3 Å². The van der Waals surface area contributed by atoms with Crippen molar-refractivity contribution in [2.24, 2.45) is 0 Å². The minimum absolute atomic E-state index is 0.196. The van der Waals surface area contributed by atoms with Crippen LogP contribution in [0.25, 0.3) is 0 Å². The van der Waals surface area contributed by atoms with Crippen LogP contribution in [0.1, 0.15) is 54.4 Å². The molecule has 0 unspecified atom stereocenters. The SMILES string of the molecule is CN1CCC[C@H]1[C@@H](CS(c1ccccc1)(c1ccccc1)c1ccccc1)OP(=S)(OC(C)(C)C)OC(C)(C)C. The second-order valence-electron chi connectivity index (χ2n) is 12.5. The first-order chi connectivity index (χ1) is 18.8. The highest BCUT2D eigenvalue weighted by Gasteiger charge is 2.44. The van der Waals surface area contributed by atoms with E-state index >= 15 is 0 Å². The summed E-state index contributed by atoms with van der Waals surface area (Å²) in [5.74, 6) is 0.777. The van der Waals surface area contributed by atoms with Gasteiger partial charge in [-0.15, -0.1) is 0 Å². The average molecular weight is 600 g/mol. The van der Waals surface area contributed by atoms with Crippen LogP contribution in [0.5, 0.6) is 0 Å². The Bertz CT molecular complexity index is 1140. The normalized spacial score (nSPS) is 18.5. The van der Waals surface area contributed by atoms with Crippen LogP contribution in [-0.4, -0.2) is 47.6 Å². The molecule has 0 radical (unpaired) electrons. The minimum Gasteiger partial charge on any atom is -0.303 e. The van der Waals surface area contributed by atoms with Crippen molar-refractivity contribution in [3.8, 4) is 0 Å². The third kappa shape index (κ3) is 7.86. The van der Waals surface area contributed by atoms with Gasteiger partial charge in [-0.25, -0.2) is 0 Å². The molecule has 218 valence electrons. The van der Waals surface area contributed by atoms with E-state index in [1.807, 2.05) is 41.5 Å². The molecule has 4 nitrogen and oxygen atoms in total. The molecule has 0 aliphatic carbocycles. The summed E-state index contributed by atoms with van der Waals surface area (Å²) >= 11 is 6.22. The summed E-state index contributed by atoms with van der Waals surface area (Å²) in [7, 11) is 0.462. The maximum Gasteiger partial charge on any atom is 0.328 e. The molecule has 1 heterocycles. The molecular weight excluding hydrogens is 553 g/mol. The highest BCUT2D eigenvalue weighted by atomic mass is 32.5. The van der Waals surface area contributed by atoms with Gasteiger partial charge in [-0.05, 0) is 131 Å². The molecule has 1 aliphatic rings. The van der Waals surface area contributed by atoms with E-state index in [9.17, 15) is 0 Å². The lowest BCUT2D eigenvalue weighted by molar-refractivity contribution is 0.00715. The van der Waals surface area contributed by atoms with Crippen molar-refractivity contribution in [2.45, 2.75) is 92.4 Å². The number of hydrogen-bond donors (Lipinski definition) is 0. The third-order valence-corrected chi connectivity index (χ3v) is 13.7. The molecule has 40 heavy (non-hydrogen) atoms. The zero-order valence-electron chi connectivity index (χ0n) is 25.1. The lowest BCUT2D eigenvalue weighted by atomic mass is 10.1. The first-order valence-electron chi connectivity index (χ1n) is 14.2. The van der Waals surface area contributed by atoms with Crippen LogP contribution in [0.2, 0.25) is 0 Å². The van der Waals surface area contributed by atoms with Crippen molar-refractivity contribution in [1.82, 2.24) is 4.90 Å². The lowest BCUT2D eigenvalue weighted by Gasteiger charge is -2.46. The summed E-state index contributed by atoms with van der Waals surface area (Å²) < 4.78 is 20.2. The van der Waals surface area contributed by atoms with E-state index in [-0.39, 0.29) is 12.1 Å². The van der Waals surface area contributed by atoms with Crippen LogP contribution in [0, 0.1) is 0 Å². The van der Waals surface area contributed by atoms with E-state index in [4.69, 9.17) is 25.4 Å². The van der Waals surface area contributed by atoms with E-state index in [2.05, 4.69) is 103 Å². The third-order valence-electron chi connectivity index (χ3n) is 6.89. The van der Waals surface area contributed by atoms with E-state index in [0.717, 1.165) is 25.1 Å². The zero-order valence-corrected chi connectivity index (χ0v) is 27.6. The zero-order chi connectivity index (χ0) is 29.0. The summed E-state index contributed by atoms with van der Waals surface area (Å²) in [5.41, 5.74) is -1.01. The first-order valence-corrected chi connectivity index (χ1v) is 18.5. The van der Waals surface area contributed by atoms with Gasteiger partial charge in [-0.2, -0.15) is 10.0 Å². The Labute approximate surface area is 249 Å². The van der Waals surface area contributed by atoms with Crippen molar-refractivity contribution < 1.29 is 13.6 Å². The number of likely N-dealkylation sites (N-methyl/N-ethyl adjacent to an activating group) is 1. The molecule has 0 aromatic heterocycles. The fourth-order valence-electron chi connectivity index (χ4n) is 5.42. The van der Waals surface area contributed by atoms with Crippen LogP contribution < -0.4 is 0 Å². The highest BCUT2D eigenvalue weighted by molar-refractivity contribution is 8.33. The Hall–Kier alpha value is -1.50. The summed E-state index contributed by atoms with van der Waals surface area (Å²) in [4.78, 5) is 6.36. The summed E-state index contributed by atoms with van der Waals surface area (Å²) in [5, 5.41) is 0. The number of rotatable bonds is 10. The molecule has 0 spiro atoms. The van der Waals surface area contributed by atoms with Crippen LogP contribution in [-0.2, 0) is 25.4 Å². The van der Waals surface area contributed by atoms with Crippen molar-refractivity contribution in [1.29, 1.82) is 0 Å². The molecule has 0 bridgehead atoms. The Balaban J connectivity index is 1.91. The van der Waals surface area contributed by atoms with Gasteiger partial charge in [-0.3, -0.25) is 0 Å². The van der Waals surface area contributed by atoms with Crippen molar-refractivity contribution >= 4 is 28.6 Å². The summed E-state index contributed by atoms with van der Waals surface area (Å²) in [6.45, 7) is 10.0. The Morgan fingerprint density at radius 3 is 1.50 bits per heavy atom. The van der Waals surface area contributed by atoms with Gasteiger partial charge in [0, 0.05) is 11.8 Å². The fourth-order valence-corrected chi connectivity index (χ4v) is 13.2. The molecular formula is C33H46NO3PS2. The topological polar surface area (TPSA) is 30.9 Å². The monoisotopic (exact) mass is 599 g/mol. The average Bonchev–Trinajstić information content (AvgIpc) is 3.31. The number of benzene rings is 3. The van der Waals surface area contributed by atoms with Crippen LogP contribution >= 0.6 is 16.7 Å². The molecule has 7 heteroatoms. The predicted octanol–water partition coefficient (Wildman–Crippen LogP) is 9.30. The number of hydrogen-bond acceptors (Lipinski definition) is 5. The molecule has 0 N–H and O–H groups in total. The van der Waals surface area contributed by atoms with E-state index in [1.165, 1.54) is 14.7 Å². The molecule has 1 fully saturated rings. The van der Waals surface area contributed by atoms with E-state index < -0.39 is 27.9 Å². The Morgan fingerprint density at radius 2 is 1.18 bits per heavy atom. The van der Waals surface area contributed by atoms with E-state index in [0.29, 0.717) is 0 Å². The number of nitrogens with zero attached hydrogens (tertiary/aromatic N) is 1. The van der Waals surface area contributed by atoms with Gasteiger partial charge in [-0.1, -0.05) is 54.6 Å². The standard InChI is InChI=1S/C33H46NO3PS2/c1-32(2,3)36-38(39,37-33(4,5)6)35-31(30-24-17-25-34(30)7)26-40(27-18-11-8-12-19-27,28-20-13-9-14-21-28)29-22-15-10-16-23-29/h8-16,18-23,30-31H,17,24-26H2,1-7H3/t30-,31+/m0/s1. The summed E-state index contributed by atoms with van der Waals surface area (Å²) in [6.07, 6.45) is 1.99. The van der Waals surface area contributed by atoms with Crippen LogP contribution in [0.3, 0.4) is 0 Å². The predicted molar refractivity (Wildman–Crippen MR) is 173 cm³/mol. The lowest BCUT2D eigenvalue weighted by Crippen LogP contribution is -2.42. The molecule has 1 aliphatic heterocycles. The van der Waals surface area contributed by atoms with Gasteiger partial charge in [0.2, 0.25) is 0 Å². The van der Waals surface area contributed by atoms with Crippen LogP contribution in [0.4, 0.5) is 0 Å². The van der Waals surface area contributed by atoms with Gasteiger partial charge in [0.1, 0.15) is 0 Å². The van der Waals surface area contributed by atoms with Gasteiger partial charge >= 0.3 is 6.72 Å².